The van der Waals surface area contributed by atoms with Gasteiger partial charge in [-0.15, -0.1) is 0 Å². The number of rotatable bonds is 5. The molecule has 0 radical (unpaired) electrons. The fourth-order valence-corrected chi connectivity index (χ4v) is 5.53. The molecule has 9 nitrogen and oxygen atoms in total. The lowest BCUT2D eigenvalue weighted by Crippen LogP contribution is -2.47. The highest BCUT2D eigenvalue weighted by Gasteiger charge is 2.36. The van der Waals surface area contributed by atoms with Gasteiger partial charge in [-0.1, -0.05) is 12.1 Å². The molecule has 2 heterocycles. The van der Waals surface area contributed by atoms with E-state index < -0.39 is 39.7 Å². The quantitative estimate of drug-likeness (QED) is 0.644. The number of sulfonamides is 1. The van der Waals surface area contributed by atoms with Crippen LogP contribution >= 0.6 is 0 Å². The Labute approximate surface area is 196 Å². The molecule has 2 aliphatic rings. The van der Waals surface area contributed by atoms with Crippen molar-refractivity contribution in [2.45, 2.75) is 30.8 Å². The van der Waals surface area contributed by atoms with Gasteiger partial charge < -0.3 is 10.1 Å². The second kappa shape index (κ2) is 9.51. The maximum absolute atomic E-state index is 13.1. The number of anilines is 2. The summed E-state index contributed by atoms with van der Waals surface area (Å²) in [6, 6.07) is 11.4. The van der Waals surface area contributed by atoms with E-state index in [-0.39, 0.29) is 43.3 Å². The Morgan fingerprint density at radius 1 is 1.09 bits per heavy atom. The van der Waals surface area contributed by atoms with Crippen molar-refractivity contribution in [2.75, 3.05) is 29.9 Å². The fourth-order valence-electron chi connectivity index (χ4n) is 4.06. The summed E-state index contributed by atoms with van der Waals surface area (Å²) in [4.78, 5) is 38.9. The van der Waals surface area contributed by atoms with Crippen LogP contribution in [0.1, 0.15) is 19.8 Å². The number of ether oxygens (including phenoxy) is 1. The summed E-state index contributed by atoms with van der Waals surface area (Å²) in [6.07, 6.45) is -0.656. The zero-order chi connectivity index (χ0) is 24.5. The number of nitrogens with zero attached hydrogens (tertiary/aromatic N) is 2. The standard InChI is InChI=1S/C23H24FN3O6S/c1-15(22(29)27-14-21(28)25-19-4-2-3-5-20(19)27)33-23(30)16-10-12-26(13-11-16)34(31,32)18-8-6-17(24)7-9-18/h2-9,15-16H,10-14H2,1H3,(H,25,28). The summed E-state index contributed by atoms with van der Waals surface area (Å²) < 4.78 is 45.3. The number of piperidine rings is 1. The zero-order valence-corrected chi connectivity index (χ0v) is 19.3. The topological polar surface area (TPSA) is 113 Å². The van der Waals surface area contributed by atoms with Crippen LogP contribution in [-0.2, 0) is 29.1 Å². The van der Waals surface area contributed by atoms with Crippen LogP contribution in [0.25, 0.3) is 0 Å². The van der Waals surface area contributed by atoms with E-state index in [0.717, 1.165) is 12.1 Å². The Hall–Kier alpha value is -3.31. The largest absolute Gasteiger partial charge is 0.452 e. The van der Waals surface area contributed by atoms with Gasteiger partial charge in [0.05, 0.1) is 22.2 Å². The van der Waals surface area contributed by atoms with Gasteiger partial charge in [0.25, 0.3) is 5.91 Å². The number of benzene rings is 2. The first-order valence-corrected chi connectivity index (χ1v) is 12.3. The van der Waals surface area contributed by atoms with Crippen molar-refractivity contribution < 1.29 is 31.9 Å². The number of fused-ring (bicyclic) bond motifs is 1. The molecule has 0 aromatic heterocycles. The summed E-state index contributed by atoms with van der Waals surface area (Å²) >= 11 is 0. The Kier molecular flexibility index (Phi) is 6.67. The van der Waals surface area contributed by atoms with Crippen LogP contribution in [0.2, 0.25) is 0 Å². The van der Waals surface area contributed by atoms with Gasteiger partial charge in [0.1, 0.15) is 12.4 Å². The molecule has 4 rings (SSSR count). The van der Waals surface area contributed by atoms with Gasteiger partial charge in [0.2, 0.25) is 15.9 Å². The third kappa shape index (κ3) is 4.80. The molecule has 2 amide bonds. The minimum Gasteiger partial charge on any atom is -0.452 e. The normalized spacial score (nSPS) is 18.1. The number of para-hydroxylation sites is 2. The lowest BCUT2D eigenvalue weighted by Gasteiger charge is -2.32. The van der Waals surface area contributed by atoms with Crippen molar-refractivity contribution in [3.8, 4) is 0 Å². The lowest BCUT2D eigenvalue weighted by atomic mass is 9.98. The summed E-state index contributed by atoms with van der Waals surface area (Å²) in [6.45, 7) is 1.46. The fraction of sp³-hybridized carbons (Fsp3) is 0.348. The highest BCUT2D eigenvalue weighted by atomic mass is 32.2. The molecule has 11 heteroatoms. The molecule has 180 valence electrons. The Balaban J connectivity index is 1.35. The van der Waals surface area contributed by atoms with Crippen LogP contribution in [-0.4, -0.2) is 56.2 Å². The number of halogens is 1. The molecule has 1 fully saturated rings. The van der Waals surface area contributed by atoms with E-state index in [0.29, 0.717) is 11.4 Å². The van der Waals surface area contributed by atoms with Gasteiger partial charge in [-0.25, -0.2) is 12.8 Å². The smallest absolute Gasteiger partial charge is 0.309 e. The van der Waals surface area contributed by atoms with E-state index in [9.17, 15) is 27.2 Å². The molecular weight excluding hydrogens is 465 g/mol. The van der Waals surface area contributed by atoms with Gasteiger partial charge in [-0.2, -0.15) is 4.31 Å². The van der Waals surface area contributed by atoms with Gasteiger partial charge in [-0.05, 0) is 56.2 Å². The van der Waals surface area contributed by atoms with E-state index in [4.69, 9.17) is 4.74 Å². The number of hydrogen-bond acceptors (Lipinski definition) is 6. The second-order valence-electron chi connectivity index (χ2n) is 8.20. The second-order valence-corrected chi connectivity index (χ2v) is 10.1. The lowest BCUT2D eigenvalue weighted by molar-refractivity contribution is -0.159. The van der Waals surface area contributed by atoms with Gasteiger partial charge in [-0.3, -0.25) is 19.3 Å². The van der Waals surface area contributed by atoms with E-state index in [1.807, 2.05) is 0 Å². The molecular formula is C23H24FN3O6S. The summed E-state index contributed by atoms with van der Waals surface area (Å²) in [7, 11) is -3.80. The van der Waals surface area contributed by atoms with Crippen molar-refractivity contribution in [2.24, 2.45) is 5.92 Å². The molecule has 0 bridgehead atoms. The monoisotopic (exact) mass is 489 g/mol. The number of carbonyl (C=O) groups is 3. The number of esters is 1. The van der Waals surface area contributed by atoms with Gasteiger partial charge in [0, 0.05) is 13.1 Å². The van der Waals surface area contributed by atoms with Crippen molar-refractivity contribution in [3.63, 3.8) is 0 Å². The van der Waals surface area contributed by atoms with Crippen LogP contribution in [0, 0.1) is 11.7 Å². The van der Waals surface area contributed by atoms with Crippen LogP contribution < -0.4 is 10.2 Å². The van der Waals surface area contributed by atoms with E-state index in [1.54, 1.807) is 24.3 Å². The first-order chi connectivity index (χ1) is 16.2. The number of hydrogen-bond donors (Lipinski definition) is 1. The van der Waals surface area contributed by atoms with E-state index in [2.05, 4.69) is 5.32 Å². The average molecular weight is 490 g/mol. The van der Waals surface area contributed by atoms with E-state index in [1.165, 1.54) is 28.3 Å². The highest BCUT2D eigenvalue weighted by molar-refractivity contribution is 7.89. The molecule has 1 atom stereocenters. The van der Waals surface area contributed by atoms with Crippen molar-refractivity contribution >= 4 is 39.2 Å². The third-order valence-corrected chi connectivity index (χ3v) is 7.83. The van der Waals surface area contributed by atoms with Crippen LogP contribution in [0.3, 0.4) is 0 Å². The van der Waals surface area contributed by atoms with Gasteiger partial charge >= 0.3 is 5.97 Å². The molecule has 1 saturated heterocycles. The molecule has 1 N–H and O–H groups in total. The van der Waals surface area contributed by atoms with E-state index >= 15 is 0 Å². The van der Waals surface area contributed by atoms with Crippen molar-refractivity contribution in [1.82, 2.24) is 4.31 Å². The molecule has 0 saturated carbocycles. The minimum absolute atomic E-state index is 0.0139. The number of amides is 2. The molecule has 2 aromatic rings. The highest BCUT2D eigenvalue weighted by Crippen LogP contribution is 2.30. The van der Waals surface area contributed by atoms with Crippen molar-refractivity contribution in [1.29, 1.82) is 0 Å². The zero-order valence-electron chi connectivity index (χ0n) is 18.4. The van der Waals surface area contributed by atoms with Crippen LogP contribution in [0.5, 0.6) is 0 Å². The van der Waals surface area contributed by atoms with Crippen molar-refractivity contribution in [3.05, 3.63) is 54.3 Å². The molecule has 34 heavy (non-hydrogen) atoms. The van der Waals surface area contributed by atoms with Gasteiger partial charge in [0.15, 0.2) is 6.10 Å². The maximum atomic E-state index is 13.1. The molecule has 2 aromatic carbocycles. The number of carbonyl (C=O) groups excluding carboxylic acids is 3. The summed E-state index contributed by atoms with van der Waals surface area (Å²) in [5.41, 5.74) is 1.02. The minimum atomic E-state index is -3.80. The Morgan fingerprint density at radius 3 is 2.41 bits per heavy atom. The Bertz CT molecular complexity index is 1210. The molecule has 0 spiro atoms. The predicted molar refractivity (Wildman–Crippen MR) is 121 cm³/mol. The SMILES string of the molecule is CC(OC(=O)C1CCN(S(=O)(=O)c2ccc(F)cc2)CC1)C(=O)N1CC(=O)Nc2ccccc21. The molecule has 2 aliphatic heterocycles. The molecule has 0 aliphatic carbocycles. The average Bonchev–Trinajstić information content (AvgIpc) is 2.83. The van der Waals surface area contributed by atoms with Crippen LogP contribution in [0.15, 0.2) is 53.4 Å². The molecule has 1 unspecified atom stereocenters. The first kappa shape index (κ1) is 23.8. The Morgan fingerprint density at radius 2 is 1.74 bits per heavy atom. The first-order valence-electron chi connectivity index (χ1n) is 10.8. The van der Waals surface area contributed by atoms with Crippen LogP contribution in [0.4, 0.5) is 15.8 Å². The maximum Gasteiger partial charge on any atom is 0.309 e. The summed E-state index contributed by atoms with van der Waals surface area (Å²) in [5, 5.41) is 2.69. The number of nitrogens with one attached hydrogen (secondary N) is 1. The predicted octanol–water partition coefficient (Wildman–Crippen LogP) is 2.14. The summed E-state index contributed by atoms with van der Waals surface area (Å²) in [5.74, 6) is -2.55. The third-order valence-electron chi connectivity index (χ3n) is 5.92.